The molecule has 18 heavy (non-hydrogen) atoms. The van der Waals surface area contributed by atoms with Gasteiger partial charge in [-0.15, -0.1) is 0 Å². The highest BCUT2D eigenvalue weighted by Crippen LogP contribution is 2.37. The highest BCUT2D eigenvalue weighted by atomic mass is 35.5. The number of hydrogen-bond donors (Lipinski definition) is 1. The molecule has 0 amide bonds. The van der Waals surface area contributed by atoms with E-state index < -0.39 is 0 Å². The van der Waals surface area contributed by atoms with E-state index in [1.807, 2.05) is 0 Å². The number of ether oxygens (including phenoxy) is 3. The summed E-state index contributed by atoms with van der Waals surface area (Å²) in [5.41, 5.74) is 6.13. The van der Waals surface area contributed by atoms with Crippen molar-refractivity contribution >= 4 is 17.3 Å². The van der Waals surface area contributed by atoms with Gasteiger partial charge < -0.3 is 19.9 Å². The Bertz CT molecular complexity index is 604. The van der Waals surface area contributed by atoms with Crippen LogP contribution >= 0.6 is 11.6 Å². The molecular formula is C12H9ClN2O3. The molecule has 1 aromatic carbocycles. The van der Waals surface area contributed by atoms with E-state index in [1.165, 1.54) is 6.20 Å². The predicted octanol–water partition coefficient (Wildman–Crippen LogP) is 2.84. The molecule has 0 unspecified atom stereocenters. The molecule has 1 aromatic heterocycles. The summed E-state index contributed by atoms with van der Waals surface area (Å²) in [5, 5.41) is 0.463. The SMILES string of the molecule is Nc1cc(Cl)cnc1Oc1ccc2c(c1)OCO2. The first kappa shape index (κ1) is 11.0. The summed E-state index contributed by atoms with van der Waals surface area (Å²) in [6.07, 6.45) is 1.47. The van der Waals surface area contributed by atoms with E-state index in [0.29, 0.717) is 33.8 Å². The number of nitrogens with zero attached hydrogens (tertiary/aromatic N) is 1. The minimum atomic E-state index is 0.222. The number of pyridine rings is 1. The van der Waals surface area contributed by atoms with Gasteiger partial charge in [0.05, 0.1) is 10.7 Å². The van der Waals surface area contributed by atoms with E-state index in [9.17, 15) is 0 Å². The Balaban J connectivity index is 1.88. The molecule has 3 rings (SSSR count). The molecule has 1 aliphatic rings. The molecule has 2 heterocycles. The number of hydrogen-bond acceptors (Lipinski definition) is 5. The molecule has 0 saturated heterocycles. The smallest absolute Gasteiger partial charge is 0.242 e. The zero-order valence-corrected chi connectivity index (χ0v) is 9.98. The number of nitrogen functional groups attached to an aromatic ring is 1. The van der Waals surface area contributed by atoms with Crippen molar-refractivity contribution in [3.05, 3.63) is 35.5 Å². The quantitative estimate of drug-likeness (QED) is 0.903. The van der Waals surface area contributed by atoms with Crippen LogP contribution in [-0.4, -0.2) is 11.8 Å². The number of halogens is 1. The lowest BCUT2D eigenvalue weighted by molar-refractivity contribution is 0.174. The fraction of sp³-hybridized carbons (Fsp3) is 0.0833. The fourth-order valence-electron chi connectivity index (χ4n) is 1.58. The van der Waals surface area contributed by atoms with Gasteiger partial charge in [-0.2, -0.15) is 0 Å². The Hall–Kier alpha value is -2.14. The highest BCUT2D eigenvalue weighted by molar-refractivity contribution is 6.30. The van der Waals surface area contributed by atoms with Gasteiger partial charge in [0.25, 0.3) is 0 Å². The van der Waals surface area contributed by atoms with Gasteiger partial charge in [-0.1, -0.05) is 11.6 Å². The molecule has 0 radical (unpaired) electrons. The number of nitrogens with two attached hydrogens (primary N) is 1. The fourth-order valence-corrected chi connectivity index (χ4v) is 1.75. The lowest BCUT2D eigenvalue weighted by Crippen LogP contribution is -1.95. The predicted molar refractivity (Wildman–Crippen MR) is 66.3 cm³/mol. The lowest BCUT2D eigenvalue weighted by Gasteiger charge is -2.07. The second kappa shape index (κ2) is 4.27. The largest absolute Gasteiger partial charge is 0.454 e. The molecule has 0 atom stereocenters. The molecule has 2 N–H and O–H groups in total. The van der Waals surface area contributed by atoms with Gasteiger partial charge in [-0.25, -0.2) is 4.98 Å². The van der Waals surface area contributed by atoms with Crippen molar-refractivity contribution in [2.75, 3.05) is 12.5 Å². The normalized spacial score (nSPS) is 12.5. The average Bonchev–Trinajstić information content (AvgIpc) is 2.80. The molecule has 0 bridgehead atoms. The van der Waals surface area contributed by atoms with Gasteiger partial charge in [0.1, 0.15) is 5.75 Å². The zero-order chi connectivity index (χ0) is 12.5. The molecule has 0 aliphatic carbocycles. The number of aromatic nitrogens is 1. The van der Waals surface area contributed by atoms with Gasteiger partial charge in [-0.05, 0) is 18.2 Å². The molecule has 2 aromatic rings. The van der Waals surface area contributed by atoms with Gasteiger partial charge in [-0.3, -0.25) is 0 Å². The first-order valence-electron chi connectivity index (χ1n) is 5.21. The van der Waals surface area contributed by atoms with Crippen LogP contribution in [0.5, 0.6) is 23.1 Å². The van der Waals surface area contributed by atoms with E-state index in [-0.39, 0.29) is 6.79 Å². The minimum absolute atomic E-state index is 0.222. The van der Waals surface area contributed by atoms with Gasteiger partial charge in [0.15, 0.2) is 11.5 Å². The van der Waals surface area contributed by atoms with E-state index in [2.05, 4.69) is 4.98 Å². The standard InChI is InChI=1S/C12H9ClN2O3/c13-7-3-9(14)12(15-5-7)18-8-1-2-10-11(4-8)17-6-16-10/h1-5H,6,14H2. The third-order valence-corrected chi connectivity index (χ3v) is 2.61. The lowest BCUT2D eigenvalue weighted by atomic mass is 10.3. The van der Waals surface area contributed by atoms with Crippen LogP contribution in [0.4, 0.5) is 5.69 Å². The van der Waals surface area contributed by atoms with Crippen molar-refractivity contribution in [1.29, 1.82) is 0 Å². The summed E-state index contributed by atoms with van der Waals surface area (Å²) in [6, 6.07) is 6.82. The Morgan fingerprint density at radius 2 is 2.06 bits per heavy atom. The molecule has 0 spiro atoms. The third-order valence-electron chi connectivity index (χ3n) is 2.40. The summed E-state index contributed by atoms with van der Waals surface area (Å²) >= 11 is 5.76. The molecule has 0 fully saturated rings. The first-order valence-corrected chi connectivity index (χ1v) is 5.59. The van der Waals surface area contributed by atoms with Crippen molar-refractivity contribution in [3.63, 3.8) is 0 Å². The molecule has 5 nitrogen and oxygen atoms in total. The van der Waals surface area contributed by atoms with E-state index in [0.717, 1.165) is 0 Å². The summed E-state index contributed by atoms with van der Waals surface area (Å²) in [4.78, 5) is 4.02. The maximum atomic E-state index is 5.76. The van der Waals surface area contributed by atoms with Crippen molar-refractivity contribution in [1.82, 2.24) is 4.98 Å². The zero-order valence-electron chi connectivity index (χ0n) is 9.22. The van der Waals surface area contributed by atoms with Gasteiger partial charge >= 0.3 is 0 Å². The maximum absolute atomic E-state index is 5.76. The Morgan fingerprint density at radius 3 is 2.89 bits per heavy atom. The Labute approximate surface area is 108 Å². The third kappa shape index (κ3) is 2.00. The number of anilines is 1. The topological polar surface area (TPSA) is 66.6 Å². The maximum Gasteiger partial charge on any atom is 0.242 e. The summed E-state index contributed by atoms with van der Waals surface area (Å²) in [5.74, 6) is 2.21. The summed E-state index contributed by atoms with van der Waals surface area (Å²) < 4.78 is 16.0. The van der Waals surface area contributed by atoms with Crippen molar-refractivity contribution in [3.8, 4) is 23.1 Å². The van der Waals surface area contributed by atoms with Crippen LogP contribution in [0.1, 0.15) is 0 Å². The molecule has 0 saturated carbocycles. The van der Waals surface area contributed by atoms with Crippen LogP contribution in [0, 0.1) is 0 Å². The van der Waals surface area contributed by atoms with Crippen LogP contribution < -0.4 is 19.9 Å². The van der Waals surface area contributed by atoms with Crippen LogP contribution in [0.15, 0.2) is 30.5 Å². The van der Waals surface area contributed by atoms with Crippen molar-refractivity contribution in [2.24, 2.45) is 0 Å². The first-order chi connectivity index (χ1) is 8.72. The molecule has 1 aliphatic heterocycles. The van der Waals surface area contributed by atoms with E-state index >= 15 is 0 Å². The van der Waals surface area contributed by atoms with Crippen LogP contribution in [0.2, 0.25) is 5.02 Å². The number of benzene rings is 1. The second-order valence-corrected chi connectivity index (χ2v) is 4.10. The number of rotatable bonds is 2. The van der Waals surface area contributed by atoms with E-state index in [4.69, 9.17) is 31.5 Å². The second-order valence-electron chi connectivity index (χ2n) is 3.67. The van der Waals surface area contributed by atoms with E-state index in [1.54, 1.807) is 24.3 Å². The molecule has 6 heteroatoms. The molecular weight excluding hydrogens is 256 g/mol. The minimum Gasteiger partial charge on any atom is -0.454 e. The van der Waals surface area contributed by atoms with Crippen molar-refractivity contribution < 1.29 is 14.2 Å². The highest BCUT2D eigenvalue weighted by Gasteiger charge is 2.14. The van der Waals surface area contributed by atoms with Gasteiger partial charge in [0.2, 0.25) is 12.7 Å². The Kier molecular flexibility index (Phi) is 2.60. The van der Waals surface area contributed by atoms with Crippen LogP contribution in [0.3, 0.4) is 0 Å². The molecule has 92 valence electrons. The average molecular weight is 265 g/mol. The van der Waals surface area contributed by atoms with Crippen LogP contribution in [-0.2, 0) is 0 Å². The number of fused-ring (bicyclic) bond motifs is 1. The van der Waals surface area contributed by atoms with Gasteiger partial charge in [0, 0.05) is 12.3 Å². The monoisotopic (exact) mass is 264 g/mol. The summed E-state index contributed by atoms with van der Waals surface area (Å²) in [6.45, 7) is 0.222. The summed E-state index contributed by atoms with van der Waals surface area (Å²) in [7, 11) is 0. The van der Waals surface area contributed by atoms with Crippen molar-refractivity contribution in [2.45, 2.75) is 0 Å². The van der Waals surface area contributed by atoms with Crippen LogP contribution in [0.25, 0.3) is 0 Å². The Morgan fingerprint density at radius 1 is 1.22 bits per heavy atom.